The molecule has 0 aliphatic rings. The molecule has 0 aliphatic heterocycles. The first-order valence-electron chi connectivity index (χ1n) is 7.18. The Bertz CT molecular complexity index is 595. The van der Waals surface area contributed by atoms with E-state index in [-0.39, 0.29) is 0 Å². The van der Waals surface area contributed by atoms with Crippen molar-refractivity contribution in [2.75, 3.05) is 0 Å². The van der Waals surface area contributed by atoms with E-state index in [9.17, 15) is 73.8 Å². The Morgan fingerprint density at radius 2 is 0.900 bits per heavy atom. The van der Waals surface area contributed by atoms with Gasteiger partial charge in [-0.1, -0.05) is 13.3 Å². The van der Waals surface area contributed by atoms with E-state index in [0.717, 1.165) is 6.92 Å². The predicted molar refractivity (Wildman–Crippen MR) is 64.3 cm³/mol. The summed E-state index contributed by atoms with van der Waals surface area (Å²) in [6.07, 6.45) is -11.5. The summed E-state index contributed by atoms with van der Waals surface area (Å²) in [5.74, 6) is -47.0. The molecule has 0 aliphatic carbocycles. The molecule has 0 aromatic carbocycles. The molecule has 0 aromatic rings. The summed E-state index contributed by atoms with van der Waals surface area (Å²) in [6.45, 7) is 1.00. The normalized spacial score (nSPS) is 16.2. The zero-order chi connectivity index (χ0) is 24.8. The Hall–Kier alpha value is -1.01. The Labute approximate surface area is 156 Å². The van der Waals surface area contributed by atoms with Crippen molar-refractivity contribution in [1.29, 1.82) is 0 Å². The molecule has 0 saturated heterocycles. The molecule has 1 nitrogen and oxygen atoms in total. The molecule has 0 rings (SSSR count). The predicted octanol–water partition coefficient (Wildman–Crippen LogP) is 6.94. The topological polar surface area (TPSA) is 9.23 Å². The fourth-order valence-corrected chi connectivity index (χ4v) is 2.19. The summed E-state index contributed by atoms with van der Waals surface area (Å²) in [5.41, 5.74) is 0. The second kappa shape index (κ2) is 7.84. The zero-order valence-corrected chi connectivity index (χ0v) is 15.0. The van der Waals surface area contributed by atoms with Gasteiger partial charge < -0.3 is 0 Å². The fraction of sp³-hybridized carbons (Fsp3) is 1.00. The maximum Gasteiger partial charge on any atom is 0.807 e. The van der Waals surface area contributed by atoms with Crippen LogP contribution < -0.4 is 0 Å². The van der Waals surface area contributed by atoms with Crippen molar-refractivity contribution < 1.29 is 78.2 Å². The van der Waals surface area contributed by atoms with Gasteiger partial charge in [-0.25, -0.2) is 12.3 Å². The van der Waals surface area contributed by atoms with Gasteiger partial charge >= 0.3 is 51.0 Å². The van der Waals surface area contributed by atoms with E-state index in [0.29, 0.717) is 0 Å². The fourth-order valence-electron chi connectivity index (χ4n) is 1.77. The number of halogens is 17. The molecule has 19 heteroatoms. The smallest absolute Gasteiger partial charge is 0.276 e. The highest BCUT2D eigenvalue weighted by atomic mass is 28.5. The van der Waals surface area contributed by atoms with Crippen LogP contribution in [0.25, 0.3) is 0 Å². The van der Waals surface area contributed by atoms with Crippen LogP contribution in [0.4, 0.5) is 73.8 Å². The van der Waals surface area contributed by atoms with Gasteiger partial charge in [0.1, 0.15) is 0 Å². The Kier molecular flexibility index (Phi) is 7.58. The van der Waals surface area contributed by atoms with Gasteiger partial charge in [-0.15, -0.1) is 0 Å². The third kappa shape index (κ3) is 4.45. The molecule has 0 atom stereocenters. The van der Waals surface area contributed by atoms with Crippen molar-refractivity contribution >= 4 is 9.32 Å². The Morgan fingerprint density at radius 1 is 0.567 bits per heavy atom. The molecule has 30 heavy (non-hydrogen) atoms. The maximum absolute atomic E-state index is 13.4. The Morgan fingerprint density at radius 3 is 1.23 bits per heavy atom. The molecule has 0 aromatic heterocycles. The molecule has 0 unspecified atom stereocenters. The lowest BCUT2D eigenvalue weighted by Gasteiger charge is -2.42. The number of hydrogen-bond acceptors (Lipinski definition) is 1. The van der Waals surface area contributed by atoms with E-state index in [1.165, 1.54) is 4.43 Å². The third-order valence-electron chi connectivity index (χ3n) is 3.49. The molecule has 0 saturated carbocycles. The SMILES string of the molecule is CCCCC(F)(F)C(F)(F)C(F)(F)C(F)(F)C(F)(F)C(F)(F)C(F)(F)O[Si](F)(F)F. The van der Waals surface area contributed by atoms with Crippen LogP contribution in [0.15, 0.2) is 0 Å². The molecule has 0 spiro atoms. The van der Waals surface area contributed by atoms with Gasteiger partial charge in [0.25, 0.3) is 0 Å². The van der Waals surface area contributed by atoms with E-state index in [2.05, 4.69) is 0 Å². The summed E-state index contributed by atoms with van der Waals surface area (Å²) >= 11 is 0. The van der Waals surface area contributed by atoms with Crippen molar-refractivity contribution in [3.63, 3.8) is 0 Å². The second-order valence-electron chi connectivity index (χ2n) is 5.74. The molecule has 0 N–H and O–H groups in total. The van der Waals surface area contributed by atoms with Crippen LogP contribution in [-0.4, -0.2) is 51.0 Å². The lowest BCUT2D eigenvalue weighted by molar-refractivity contribution is -0.460. The quantitative estimate of drug-likeness (QED) is 0.167. The van der Waals surface area contributed by atoms with Crippen LogP contribution in [0.3, 0.4) is 0 Å². The van der Waals surface area contributed by atoms with Crippen LogP contribution in [-0.2, 0) is 4.43 Å². The van der Waals surface area contributed by atoms with Gasteiger partial charge in [-0.05, 0) is 6.42 Å². The van der Waals surface area contributed by atoms with E-state index < -0.39 is 70.2 Å². The van der Waals surface area contributed by atoms with Crippen molar-refractivity contribution in [1.82, 2.24) is 0 Å². The highest BCUT2D eigenvalue weighted by Gasteiger charge is 2.93. The third-order valence-corrected chi connectivity index (χ3v) is 3.98. The molecule has 0 fully saturated rings. The van der Waals surface area contributed by atoms with Gasteiger partial charge in [-0.2, -0.15) is 61.5 Å². The Balaban J connectivity index is 6.48. The summed E-state index contributed by atoms with van der Waals surface area (Å²) in [4.78, 5) is 0. The van der Waals surface area contributed by atoms with Gasteiger partial charge in [0, 0.05) is 6.42 Å². The lowest BCUT2D eigenvalue weighted by Crippen LogP contribution is -2.73. The molecule has 0 amide bonds. The summed E-state index contributed by atoms with van der Waals surface area (Å²) in [7, 11) is -8.43. The zero-order valence-electron chi connectivity index (χ0n) is 14.0. The van der Waals surface area contributed by atoms with Gasteiger partial charge in [-0.3, -0.25) is 4.43 Å². The number of hydrogen-bond donors (Lipinski definition) is 0. The first-order chi connectivity index (χ1) is 12.8. The van der Waals surface area contributed by atoms with E-state index >= 15 is 0 Å². The molecule has 0 heterocycles. The second-order valence-corrected chi connectivity index (χ2v) is 6.84. The van der Waals surface area contributed by atoms with Crippen LogP contribution >= 0.6 is 0 Å². The minimum atomic E-state index is -8.43. The van der Waals surface area contributed by atoms with Crippen LogP contribution in [0.2, 0.25) is 0 Å². The highest BCUT2D eigenvalue weighted by molar-refractivity contribution is 6.51. The van der Waals surface area contributed by atoms with Crippen LogP contribution in [0, 0.1) is 0 Å². The van der Waals surface area contributed by atoms with E-state index in [4.69, 9.17) is 0 Å². The lowest BCUT2D eigenvalue weighted by atomic mass is 9.89. The average Bonchev–Trinajstić information content (AvgIpc) is 2.49. The number of alkyl halides is 14. The van der Waals surface area contributed by atoms with Crippen LogP contribution in [0.5, 0.6) is 0 Å². The summed E-state index contributed by atoms with van der Waals surface area (Å²) < 4.78 is 221. The van der Waals surface area contributed by atoms with Crippen molar-refractivity contribution in [3.05, 3.63) is 0 Å². The van der Waals surface area contributed by atoms with Crippen LogP contribution in [0.1, 0.15) is 26.2 Å². The summed E-state index contributed by atoms with van der Waals surface area (Å²) in [5, 5.41) is 0. The largest absolute Gasteiger partial charge is 0.807 e. The average molecular weight is 508 g/mol. The number of unbranched alkanes of at least 4 members (excludes halogenated alkanes) is 1. The van der Waals surface area contributed by atoms with Crippen molar-refractivity contribution in [2.24, 2.45) is 0 Å². The van der Waals surface area contributed by atoms with Gasteiger partial charge in [0.2, 0.25) is 0 Å². The highest BCUT2D eigenvalue weighted by Crippen LogP contribution is 2.62. The van der Waals surface area contributed by atoms with Gasteiger partial charge in [0.15, 0.2) is 0 Å². The monoisotopic (exact) mass is 508 g/mol. The molecule has 0 bridgehead atoms. The van der Waals surface area contributed by atoms with E-state index in [1.807, 2.05) is 0 Å². The standard InChI is InChI=1S/C11H9F17OSi/c1-2-3-4-5(12,13)6(14,15)7(16,17)8(18,19)9(20,21)10(22,23)11(24,25)29-30(26,27)28/h2-4H2,1H3. The first-order valence-corrected chi connectivity index (χ1v) is 8.72. The maximum atomic E-state index is 13.4. The van der Waals surface area contributed by atoms with Crippen molar-refractivity contribution in [3.8, 4) is 0 Å². The first kappa shape index (κ1) is 29.0. The summed E-state index contributed by atoms with van der Waals surface area (Å²) in [6, 6.07) is 0. The van der Waals surface area contributed by atoms with Crippen molar-refractivity contribution in [2.45, 2.75) is 67.8 Å². The molecular weight excluding hydrogens is 499 g/mol. The molecule has 182 valence electrons. The minimum absolute atomic E-state index is 0.452. The number of rotatable bonds is 11. The van der Waals surface area contributed by atoms with E-state index in [1.54, 1.807) is 0 Å². The minimum Gasteiger partial charge on any atom is -0.276 e. The molecule has 0 radical (unpaired) electrons. The van der Waals surface area contributed by atoms with Gasteiger partial charge in [0.05, 0.1) is 0 Å². The molecular formula is C11H9F17OSi.